The van der Waals surface area contributed by atoms with Gasteiger partial charge in [0.25, 0.3) is 0 Å². The molecule has 1 saturated heterocycles. The summed E-state index contributed by atoms with van der Waals surface area (Å²) in [4.78, 5) is 36.0. The number of likely N-dealkylation sites (tertiary alicyclic amines) is 1. The van der Waals surface area contributed by atoms with E-state index in [4.69, 9.17) is 5.73 Å². The van der Waals surface area contributed by atoms with Crippen molar-refractivity contribution in [2.24, 2.45) is 5.73 Å². The molecule has 1 aromatic heterocycles. The first-order valence-corrected chi connectivity index (χ1v) is 7.96. The van der Waals surface area contributed by atoms with Gasteiger partial charge in [-0.15, -0.1) is 0 Å². The topological polar surface area (TPSA) is 92.4 Å². The first-order valence-electron chi connectivity index (χ1n) is 7.96. The molecular weight excluding hydrogens is 294 g/mol. The first kappa shape index (κ1) is 17.3. The second-order valence-corrected chi connectivity index (χ2v) is 6.07. The largest absolute Gasteiger partial charge is 0.349 e. The number of carbonyl (C=O) groups is 2. The summed E-state index contributed by atoms with van der Waals surface area (Å²) in [6.45, 7) is 2.58. The number of aryl methyl sites for hydroxylation is 2. The molecule has 1 aromatic rings. The monoisotopic (exact) mass is 319 g/mol. The predicted molar refractivity (Wildman–Crippen MR) is 86.5 cm³/mol. The molecule has 0 radical (unpaired) electrons. The molecule has 1 aliphatic heterocycles. The van der Waals surface area contributed by atoms with E-state index in [0.29, 0.717) is 18.7 Å². The zero-order valence-electron chi connectivity index (χ0n) is 14.1. The Bertz CT molecular complexity index is 588. The van der Waals surface area contributed by atoms with E-state index in [1.54, 1.807) is 23.9 Å². The lowest BCUT2D eigenvalue weighted by atomic mass is 10.1. The fourth-order valence-corrected chi connectivity index (χ4v) is 2.90. The Morgan fingerprint density at radius 3 is 2.78 bits per heavy atom. The summed E-state index contributed by atoms with van der Waals surface area (Å²) in [6, 6.07) is 1.89. The molecule has 126 valence electrons. The van der Waals surface area contributed by atoms with E-state index >= 15 is 0 Å². The maximum absolute atomic E-state index is 12.0. The van der Waals surface area contributed by atoms with Crippen LogP contribution in [0.2, 0.25) is 0 Å². The van der Waals surface area contributed by atoms with Crippen LogP contribution in [0.15, 0.2) is 6.07 Å². The SMILES string of the molecule is Cc1nc(CCC(=O)N(C)C)cc(C2CCCN2C(=O)CN)n1. The fraction of sp³-hybridized carbons (Fsp3) is 0.625. The minimum Gasteiger partial charge on any atom is -0.349 e. The molecule has 1 aliphatic rings. The Morgan fingerprint density at radius 2 is 2.13 bits per heavy atom. The first-order chi connectivity index (χ1) is 10.9. The van der Waals surface area contributed by atoms with Crippen LogP contribution in [-0.4, -0.2) is 58.8 Å². The summed E-state index contributed by atoms with van der Waals surface area (Å²) < 4.78 is 0. The molecule has 0 aliphatic carbocycles. The molecule has 2 N–H and O–H groups in total. The van der Waals surface area contributed by atoms with E-state index in [0.717, 1.165) is 30.8 Å². The minimum absolute atomic E-state index is 0.0186. The molecule has 0 spiro atoms. The molecule has 1 atom stereocenters. The van der Waals surface area contributed by atoms with E-state index in [-0.39, 0.29) is 24.4 Å². The van der Waals surface area contributed by atoms with Crippen molar-refractivity contribution >= 4 is 11.8 Å². The average molecular weight is 319 g/mol. The third-order valence-corrected chi connectivity index (χ3v) is 4.09. The highest BCUT2D eigenvalue weighted by atomic mass is 16.2. The molecule has 7 nitrogen and oxygen atoms in total. The number of nitrogens with two attached hydrogens (primary N) is 1. The van der Waals surface area contributed by atoms with Gasteiger partial charge in [0, 0.05) is 32.8 Å². The second kappa shape index (κ2) is 7.50. The van der Waals surface area contributed by atoms with Crippen molar-refractivity contribution < 1.29 is 9.59 Å². The van der Waals surface area contributed by atoms with Crippen LogP contribution in [0.3, 0.4) is 0 Å². The molecule has 23 heavy (non-hydrogen) atoms. The highest BCUT2D eigenvalue weighted by Crippen LogP contribution is 2.31. The summed E-state index contributed by atoms with van der Waals surface area (Å²) in [6.07, 6.45) is 2.83. The van der Waals surface area contributed by atoms with Crippen molar-refractivity contribution in [3.8, 4) is 0 Å². The van der Waals surface area contributed by atoms with Gasteiger partial charge < -0.3 is 15.5 Å². The number of amides is 2. The van der Waals surface area contributed by atoms with Gasteiger partial charge in [0.15, 0.2) is 0 Å². The van der Waals surface area contributed by atoms with Gasteiger partial charge in [0.1, 0.15) is 5.82 Å². The van der Waals surface area contributed by atoms with E-state index in [1.165, 1.54) is 0 Å². The van der Waals surface area contributed by atoms with Crippen LogP contribution in [0.25, 0.3) is 0 Å². The Labute approximate surface area is 136 Å². The van der Waals surface area contributed by atoms with E-state index < -0.39 is 0 Å². The lowest BCUT2D eigenvalue weighted by molar-refractivity contribution is -0.130. The molecule has 0 aromatic carbocycles. The number of carbonyl (C=O) groups excluding carboxylic acids is 2. The van der Waals surface area contributed by atoms with Gasteiger partial charge >= 0.3 is 0 Å². The molecule has 1 fully saturated rings. The quantitative estimate of drug-likeness (QED) is 0.849. The van der Waals surface area contributed by atoms with Gasteiger partial charge in [0.05, 0.1) is 18.3 Å². The van der Waals surface area contributed by atoms with E-state index in [9.17, 15) is 9.59 Å². The van der Waals surface area contributed by atoms with Gasteiger partial charge in [-0.1, -0.05) is 0 Å². The molecule has 2 heterocycles. The van der Waals surface area contributed by atoms with E-state index in [1.807, 2.05) is 13.0 Å². The van der Waals surface area contributed by atoms with Crippen molar-refractivity contribution in [2.75, 3.05) is 27.2 Å². The number of aromatic nitrogens is 2. The predicted octanol–water partition coefficient (Wildman–Crippen LogP) is 0.428. The van der Waals surface area contributed by atoms with E-state index in [2.05, 4.69) is 9.97 Å². The number of hydrogen-bond acceptors (Lipinski definition) is 5. The normalized spacial score (nSPS) is 17.4. The molecule has 0 bridgehead atoms. The zero-order chi connectivity index (χ0) is 17.0. The maximum atomic E-state index is 12.0. The Balaban J connectivity index is 2.16. The molecule has 2 rings (SSSR count). The van der Waals surface area contributed by atoms with Crippen molar-refractivity contribution in [1.82, 2.24) is 19.8 Å². The standard InChI is InChI=1S/C16H25N5O2/c1-11-18-12(6-7-15(22)20(2)3)9-13(19-11)14-5-4-8-21(14)16(23)10-17/h9,14H,4-8,10,17H2,1-3H3. The lowest BCUT2D eigenvalue weighted by Crippen LogP contribution is -2.35. The highest BCUT2D eigenvalue weighted by molar-refractivity contribution is 5.78. The summed E-state index contributed by atoms with van der Waals surface area (Å²) >= 11 is 0. The average Bonchev–Trinajstić information content (AvgIpc) is 3.00. The zero-order valence-corrected chi connectivity index (χ0v) is 14.1. The molecule has 7 heteroatoms. The van der Waals surface area contributed by atoms with Crippen molar-refractivity contribution in [3.05, 3.63) is 23.3 Å². The summed E-state index contributed by atoms with van der Waals surface area (Å²) in [5.41, 5.74) is 7.19. The van der Waals surface area contributed by atoms with Crippen molar-refractivity contribution in [2.45, 2.75) is 38.6 Å². The Morgan fingerprint density at radius 1 is 1.39 bits per heavy atom. The van der Waals surface area contributed by atoms with Crippen LogP contribution in [0.1, 0.15) is 42.5 Å². The van der Waals surface area contributed by atoms with Gasteiger partial charge in [0.2, 0.25) is 11.8 Å². The van der Waals surface area contributed by atoms with Crippen molar-refractivity contribution in [1.29, 1.82) is 0 Å². The number of nitrogens with zero attached hydrogens (tertiary/aromatic N) is 4. The Kier molecular flexibility index (Phi) is 5.65. The van der Waals surface area contributed by atoms with Crippen LogP contribution in [0, 0.1) is 6.92 Å². The molecule has 0 saturated carbocycles. The molecule has 1 unspecified atom stereocenters. The second-order valence-electron chi connectivity index (χ2n) is 6.07. The fourth-order valence-electron chi connectivity index (χ4n) is 2.90. The summed E-state index contributed by atoms with van der Waals surface area (Å²) in [5, 5.41) is 0. The van der Waals surface area contributed by atoms with Gasteiger partial charge in [-0.05, 0) is 32.3 Å². The van der Waals surface area contributed by atoms with Crippen LogP contribution in [0.5, 0.6) is 0 Å². The molecule has 2 amide bonds. The Hall–Kier alpha value is -2.02. The van der Waals surface area contributed by atoms with Crippen LogP contribution < -0.4 is 5.73 Å². The molecular formula is C16H25N5O2. The van der Waals surface area contributed by atoms with Crippen LogP contribution >= 0.6 is 0 Å². The third-order valence-electron chi connectivity index (χ3n) is 4.09. The highest BCUT2D eigenvalue weighted by Gasteiger charge is 2.30. The number of rotatable bonds is 5. The van der Waals surface area contributed by atoms with Crippen molar-refractivity contribution in [3.63, 3.8) is 0 Å². The van der Waals surface area contributed by atoms with Crippen LogP contribution in [0.4, 0.5) is 0 Å². The lowest BCUT2D eigenvalue weighted by Gasteiger charge is -2.24. The van der Waals surface area contributed by atoms with Gasteiger partial charge in [-0.25, -0.2) is 9.97 Å². The number of hydrogen-bond donors (Lipinski definition) is 1. The smallest absolute Gasteiger partial charge is 0.236 e. The minimum atomic E-state index is -0.0481. The van der Waals surface area contributed by atoms with Crippen LogP contribution in [-0.2, 0) is 16.0 Å². The van der Waals surface area contributed by atoms with Gasteiger partial charge in [-0.3, -0.25) is 9.59 Å². The third kappa shape index (κ3) is 4.25. The summed E-state index contributed by atoms with van der Waals surface area (Å²) in [5.74, 6) is 0.693. The maximum Gasteiger partial charge on any atom is 0.236 e. The van der Waals surface area contributed by atoms with Gasteiger partial charge in [-0.2, -0.15) is 0 Å². The summed E-state index contributed by atoms with van der Waals surface area (Å²) in [7, 11) is 3.49.